The average molecular weight is 1240 g/mol. The number of amides is 1. The summed E-state index contributed by atoms with van der Waals surface area (Å²) in [5, 5.41) is 54.4. The Morgan fingerprint density at radius 1 is 0.414 bits per heavy atom. The minimum atomic E-state index is -1.57. The number of unbranched alkanes of at least 4 members (excludes halogenated alkanes) is 55. The SMILES string of the molecule is CCCCCCCCCC/C=C/C(O)C(COC1OC(CO)C(O)C(O)C1O)NC(=O)CCCCCCCCCCCCCCCCCCCCCCCCCCCCCCCCCCCCCCCOC(=O)CCCCCCCCCCCCCC. The first-order valence-corrected chi connectivity index (χ1v) is 38.5. The molecule has 87 heavy (non-hydrogen) atoms. The molecule has 0 aliphatic carbocycles. The molecule has 7 unspecified atom stereocenters. The summed E-state index contributed by atoms with van der Waals surface area (Å²) in [7, 11) is 0. The zero-order valence-corrected chi connectivity index (χ0v) is 57.5. The molecule has 1 fully saturated rings. The topological polar surface area (TPSA) is 175 Å². The largest absolute Gasteiger partial charge is 0.466 e. The maximum Gasteiger partial charge on any atom is 0.305 e. The van der Waals surface area contributed by atoms with Crippen LogP contribution >= 0.6 is 0 Å². The smallest absolute Gasteiger partial charge is 0.305 e. The van der Waals surface area contributed by atoms with Gasteiger partial charge >= 0.3 is 5.97 Å². The molecule has 1 saturated heterocycles. The van der Waals surface area contributed by atoms with Crippen molar-refractivity contribution in [3.8, 4) is 0 Å². The van der Waals surface area contributed by atoms with E-state index in [2.05, 4.69) is 19.2 Å². The summed E-state index contributed by atoms with van der Waals surface area (Å²) < 4.78 is 16.7. The van der Waals surface area contributed by atoms with E-state index < -0.39 is 49.5 Å². The van der Waals surface area contributed by atoms with Gasteiger partial charge in [-0.1, -0.05) is 366 Å². The molecule has 6 N–H and O–H groups in total. The summed E-state index contributed by atoms with van der Waals surface area (Å²) >= 11 is 0. The molecule has 11 heteroatoms. The highest BCUT2D eigenvalue weighted by Crippen LogP contribution is 2.24. The van der Waals surface area contributed by atoms with Gasteiger partial charge in [0.15, 0.2) is 6.29 Å². The molecule has 1 aliphatic heterocycles. The molecule has 7 atom stereocenters. The van der Waals surface area contributed by atoms with Gasteiger partial charge in [0.25, 0.3) is 0 Å². The lowest BCUT2D eigenvalue weighted by atomic mass is 9.99. The van der Waals surface area contributed by atoms with Crippen LogP contribution in [0.2, 0.25) is 0 Å². The molecule has 1 aliphatic rings. The maximum absolute atomic E-state index is 13.0. The van der Waals surface area contributed by atoms with Gasteiger partial charge < -0.3 is 45.1 Å². The average Bonchev–Trinajstić information content (AvgIpc) is 3.72. The molecular formula is C76H147NO10. The molecular weight excluding hydrogens is 1090 g/mol. The number of nitrogens with one attached hydrogen (secondary N) is 1. The molecule has 0 bridgehead atoms. The predicted octanol–water partition coefficient (Wildman–Crippen LogP) is 20.2. The Kier molecular flexibility index (Phi) is 63.2. The highest BCUT2D eigenvalue weighted by molar-refractivity contribution is 5.76. The fraction of sp³-hybridized carbons (Fsp3) is 0.947. The lowest BCUT2D eigenvalue weighted by Gasteiger charge is -2.40. The Morgan fingerprint density at radius 3 is 1.07 bits per heavy atom. The van der Waals surface area contributed by atoms with Crippen LogP contribution in [0.1, 0.15) is 399 Å². The monoisotopic (exact) mass is 1230 g/mol. The van der Waals surface area contributed by atoms with E-state index in [-0.39, 0.29) is 18.5 Å². The van der Waals surface area contributed by atoms with Crippen LogP contribution in [0.5, 0.6) is 0 Å². The number of hydrogen-bond donors (Lipinski definition) is 6. The van der Waals surface area contributed by atoms with Crippen LogP contribution < -0.4 is 5.32 Å². The van der Waals surface area contributed by atoms with Gasteiger partial charge in [0.2, 0.25) is 5.91 Å². The third-order valence-corrected chi connectivity index (χ3v) is 18.7. The van der Waals surface area contributed by atoms with Gasteiger partial charge in [-0.2, -0.15) is 0 Å². The number of hydrogen-bond acceptors (Lipinski definition) is 10. The number of ether oxygens (including phenoxy) is 3. The van der Waals surface area contributed by atoms with E-state index in [0.29, 0.717) is 19.4 Å². The fourth-order valence-electron chi connectivity index (χ4n) is 12.6. The van der Waals surface area contributed by atoms with Crippen molar-refractivity contribution in [2.75, 3.05) is 19.8 Å². The summed E-state index contributed by atoms with van der Waals surface area (Å²) in [5.74, 6) is -0.156. The predicted molar refractivity (Wildman–Crippen MR) is 366 cm³/mol. The highest BCUT2D eigenvalue weighted by atomic mass is 16.7. The third kappa shape index (κ3) is 54.7. The number of rotatable bonds is 69. The van der Waals surface area contributed by atoms with Gasteiger partial charge in [-0.05, 0) is 32.1 Å². The highest BCUT2D eigenvalue weighted by Gasteiger charge is 2.44. The number of carbonyl (C=O) groups excluding carboxylic acids is 2. The summed E-state index contributed by atoms with van der Waals surface area (Å²) in [6.45, 7) is 4.38. The van der Waals surface area contributed by atoms with Crippen LogP contribution in [-0.4, -0.2) is 100 Å². The zero-order valence-electron chi connectivity index (χ0n) is 57.5. The Morgan fingerprint density at radius 2 is 0.724 bits per heavy atom. The van der Waals surface area contributed by atoms with E-state index in [1.807, 2.05) is 6.08 Å². The van der Waals surface area contributed by atoms with Crippen molar-refractivity contribution in [3.05, 3.63) is 12.2 Å². The second-order valence-corrected chi connectivity index (χ2v) is 27.1. The third-order valence-electron chi connectivity index (χ3n) is 18.7. The van der Waals surface area contributed by atoms with Crippen molar-refractivity contribution in [1.82, 2.24) is 5.32 Å². The number of aliphatic hydroxyl groups is 5. The summed E-state index contributed by atoms with van der Waals surface area (Å²) in [5.41, 5.74) is 0. The lowest BCUT2D eigenvalue weighted by Crippen LogP contribution is -2.60. The molecule has 516 valence electrons. The van der Waals surface area contributed by atoms with Crippen molar-refractivity contribution in [2.45, 2.75) is 442 Å². The molecule has 0 spiro atoms. The number of esters is 1. The van der Waals surface area contributed by atoms with Crippen LogP contribution in [0, 0.1) is 0 Å². The first kappa shape index (κ1) is 83.4. The first-order valence-electron chi connectivity index (χ1n) is 38.5. The van der Waals surface area contributed by atoms with Crippen LogP contribution in [0.25, 0.3) is 0 Å². The molecule has 1 heterocycles. The van der Waals surface area contributed by atoms with Gasteiger partial charge in [0, 0.05) is 12.8 Å². The van der Waals surface area contributed by atoms with Gasteiger partial charge in [0.05, 0.1) is 32.0 Å². The molecule has 11 nitrogen and oxygen atoms in total. The van der Waals surface area contributed by atoms with Gasteiger partial charge in [-0.25, -0.2) is 0 Å². The van der Waals surface area contributed by atoms with Crippen LogP contribution in [0.15, 0.2) is 12.2 Å². The Balaban J connectivity index is 1.86. The molecule has 0 aromatic heterocycles. The standard InChI is InChI=1S/C76H147NO10/c1-3-5-7-9-11-13-15-44-48-52-56-60-64-72(81)85-65-61-57-53-49-45-42-40-38-36-34-32-30-28-26-24-22-20-18-16-17-19-21-23-25-27-29-31-33-35-37-39-41-43-47-51-55-59-63-71(80)77-68(67-86-76-75(84)74(83)73(82)70(66-78)87-76)69(79)62-58-54-50-46-14-12-10-8-6-4-2/h58,62,68-70,73-76,78-79,82-84H,3-57,59-61,63-67H2,1-2H3,(H,77,80)/b62-58+. The van der Waals surface area contributed by atoms with Gasteiger partial charge in [-0.15, -0.1) is 0 Å². The van der Waals surface area contributed by atoms with Crippen molar-refractivity contribution in [1.29, 1.82) is 0 Å². The fourth-order valence-corrected chi connectivity index (χ4v) is 12.6. The van der Waals surface area contributed by atoms with Crippen molar-refractivity contribution < 1.29 is 49.3 Å². The summed E-state index contributed by atoms with van der Waals surface area (Å²) in [6, 6.07) is -0.803. The zero-order chi connectivity index (χ0) is 63.0. The van der Waals surface area contributed by atoms with Gasteiger partial charge in [-0.3, -0.25) is 9.59 Å². The van der Waals surface area contributed by atoms with E-state index in [4.69, 9.17) is 14.2 Å². The Hall–Kier alpha value is -1.60. The molecule has 0 aromatic rings. The molecule has 1 rings (SSSR count). The normalized spacial score (nSPS) is 17.8. The van der Waals surface area contributed by atoms with E-state index in [1.54, 1.807) is 6.08 Å². The van der Waals surface area contributed by atoms with Crippen molar-refractivity contribution >= 4 is 11.9 Å². The van der Waals surface area contributed by atoms with Crippen LogP contribution in [0.3, 0.4) is 0 Å². The second kappa shape index (κ2) is 65.9. The number of aliphatic hydroxyl groups excluding tert-OH is 5. The van der Waals surface area contributed by atoms with E-state index in [1.165, 1.54) is 321 Å². The molecule has 0 saturated carbocycles. The Labute approximate surface area is 538 Å². The first-order chi connectivity index (χ1) is 42.7. The van der Waals surface area contributed by atoms with Gasteiger partial charge in [0.1, 0.15) is 24.4 Å². The molecule has 1 amide bonds. The maximum atomic E-state index is 13.0. The van der Waals surface area contributed by atoms with E-state index in [0.717, 1.165) is 51.4 Å². The molecule has 0 radical (unpaired) electrons. The quantitative estimate of drug-likeness (QED) is 0.0195. The van der Waals surface area contributed by atoms with Crippen molar-refractivity contribution in [2.24, 2.45) is 0 Å². The number of carbonyl (C=O) groups is 2. The van der Waals surface area contributed by atoms with Crippen molar-refractivity contribution in [3.63, 3.8) is 0 Å². The van der Waals surface area contributed by atoms with E-state index in [9.17, 15) is 35.1 Å². The van der Waals surface area contributed by atoms with E-state index >= 15 is 0 Å². The Bertz CT molecular complexity index is 1450. The van der Waals surface area contributed by atoms with Crippen LogP contribution in [0.4, 0.5) is 0 Å². The second-order valence-electron chi connectivity index (χ2n) is 27.1. The molecule has 0 aromatic carbocycles. The minimum Gasteiger partial charge on any atom is -0.466 e. The van der Waals surface area contributed by atoms with Crippen LogP contribution in [-0.2, 0) is 23.8 Å². The minimum absolute atomic E-state index is 0.0187. The summed E-state index contributed by atoms with van der Waals surface area (Å²) in [6.07, 6.45) is 72.5. The lowest BCUT2D eigenvalue weighted by molar-refractivity contribution is -0.302. The summed E-state index contributed by atoms with van der Waals surface area (Å²) in [4.78, 5) is 25.1. The number of allylic oxidation sites excluding steroid dienone is 1.